The van der Waals surface area contributed by atoms with Crippen molar-refractivity contribution in [3.63, 3.8) is 0 Å². The van der Waals surface area contributed by atoms with E-state index in [0.717, 1.165) is 11.1 Å². The minimum atomic E-state index is -0.358. The van der Waals surface area contributed by atoms with Crippen molar-refractivity contribution in [3.05, 3.63) is 71.3 Å². The Labute approximate surface area is 135 Å². The van der Waals surface area contributed by atoms with Crippen LogP contribution in [0.4, 0.5) is 4.79 Å². The van der Waals surface area contributed by atoms with Gasteiger partial charge in [0, 0.05) is 6.54 Å². The monoisotopic (exact) mass is 306 g/mol. The molecule has 1 aliphatic heterocycles. The highest BCUT2D eigenvalue weighted by Crippen LogP contribution is 2.25. The van der Waals surface area contributed by atoms with Crippen LogP contribution in [0.25, 0.3) is 0 Å². The summed E-state index contributed by atoms with van der Waals surface area (Å²) in [5, 5.41) is 9.05. The molecule has 0 radical (unpaired) electrons. The van der Waals surface area contributed by atoms with Gasteiger partial charge in [0.1, 0.15) is 6.61 Å². The molecular weight excluding hydrogens is 288 g/mol. The van der Waals surface area contributed by atoms with Gasteiger partial charge in [-0.25, -0.2) is 4.79 Å². The molecule has 3 rings (SSSR count). The number of nitriles is 1. The first-order valence-electron chi connectivity index (χ1n) is 7.69. The Hall–Kier alpha value is -2.80. The lowest BCUT2D eigenvalue weighted by Gasteiger charge is -2.35. The van der Waals surface area contributed by atoms with E-state index in [1.165, 1.54) is 5.56 Å². The molecule has 0 fully saturated rings. The Balaban J connectivity index is 1.71. The van der Waals surface area contributed by atoms with Crippen LogP contribution in [0.3, 0.4) is 0 Å². The topological polar surface area (TPSA) is 53.3 Å². The fourth-order valence-electron chi connectivity index (χ4n) is 2.89. The van der Waals surface area contributed by atoms with Crippen LogP contribution in [0, 0.1) is 11.3 Å². The Morgan fingerprint density at radius 2 is 1.83 bits per heavy atom. The lowest BCUT2D eigenvalue weighted by molar-refractivity contribution is 0.0739. The lowest BCUT2D eigenvalue weighted by Crippen LogP contribution is -2.44. The fraction of sp³-hybridized carbons (Fsp3) is 0.263. The third-order valence-electron chi connectivity index (χ3n) is 4.12. The molecule has 1 aliphatic rings. The first kappa shape index (κ1) is 15.1. The second-order valence-corrected chi connectivity index (χ2v) is 5.66. The van der Waals surface area contributed by atoms with Crippen LogP contribution in [0.15, 0.2) is 54.6 Å². The maximum absolute atomic E-state index is 12.5. The molecule has 2 aromatic carbocycles. The SMILES string of the molecule is N#CC[C@@H]1Cc2ccccc2CN1C(=O)OCc1ccccc1. The molecule has 1 heterocycles. The van der Waals surface area contributed by atoms with Crippen LogP contribution in [0.1, 0.15) is 23.1 Å². The molecule has 23 heavy (non-hydrogen) atoms. The van der Waals surface area contributed by atoms with E-state index < -0.39 is 0 Å². The van der Waals surface area contributed by atoms with E-state index in [9.17, 15) is 4.79 Å². The average Bonchev–Trinajstić information content (AvgIpc) is 2.60. The van der Waals surface area contributed by atoms with E-state index >= 15 is 0 Å². The standard InChI is InChI=1S/C19H18N2O2/c20-11-10-18-12-16-8-4-5-9-17(16)13-21(18)19(22)23-14-15-6-2-1-3-7-15/h1-9,18H,10,12-14H2/t18-/m1/s1. The summed E-state index contributed by atoms with van der Waals surface area (Å²) in [6.45, 7) is 0.743. The number of hydrogen-bond acceptors (Lipinski definition) is 3. The summed E-state index contributed by atoms with van der Waals surface area (Å²) in [6.07, 6.45) is 0.655. The van der Waals surface area contributed by atoms with Crippen molar-refractivity contribution in [2.75, 3.05) is 0 Å². The van der Waals surface area contributed by atoms with Crippen molar-refractivity contribution < 1.29 is 9.53 Å². The second-order valence-electron chi connectivity index (χ2n) is 5.66. The van der Waals surface area contributed by atoms with Crippen molar-refractivity contribution in [1.82, 2.24) is 4.90 Å². The molecule has 0 aromatic heterocycles. The van der Waals surface area contributed by atoms with Gasteiger partial charge in [0.15, 0.2) is 0 Å². The van der Waals surface area contributed by atoms with Crippen LogP contribution in [-0.4, -0.2) is 17.0 Å². The maximum atomic E-state index is 12.5. The number of fused-ring (bicyclic) bond motifs is 1. The molecule has 116 valence electrons. The molecule has 2 aromatic rings. The molecule has 0 N–H and O–H groups in total. The first-order chi connectivity index (χ1) is 11.3. The molecule has 0 saturated carbocycles. The van der Waals surface area contributed by atoms with Gasteiger partial charge in [0.05, 0.1) is 18.5 Å². The van der Waals surface area contributed by atoms with Gasteiger partial charge in [0.25, 0.3) is 0 Å². The van der Waals surface area contributed by atoms with E-state index in [2.05, 4.69) is 12.1 Å². The zero-order valence-electron chi connectivity index (χ0n) is 12.8. The zero-order valence-corrected chi connectivity index (χ0v) is 12.8. The highest BCUT2D eigenvalue weighted by atomic mass is 16.6. The summed E-state index contributed by atoms with van der Waals surface area (Å²) in [4.78, 5) is 14.1. The number of amides is 1. The van der Waals surface area contributed by atoms with Gasteiger partial charge < -0.3 is 4.74 Å². The van der Waals surface area contributed by atoms with Crippen LogP contribution >= 0.6 is 0 Å². The molecule has 0 unspecified atom stereocenters. The van der Waals surface area contributed by atoms with Gasteiger partial charge in [-0.05, 0) is 23.1 Å². The van der Waals surface area contributed by atoms with Crippen molar-refractivity contribution in [2.24, 2.45) is 0 Å². The zero-order chi connectivity index (χ0) is 16.1. The van der Waals surface area contributed by atoms with Crippen LogP contribution in [0.2, 0.25) is 0 Å². The third-order valence-corrected chi connectivity index (χ3v) is 4.12. The Bertz CT molecular complexity index is 722. The minimum absolute atomic E-state index is 0.127. The quantitative estimate of drug-likeness (QED) is 0.869. The van der Waals surface area contributed by atoms with Crippen LogP contribution < -0.4 is 0 Å². The molecule has 1 atom stereocenters. The molecule has 4 heteroatoms. The summed E-state index contributed by atoms with van der Waals surface area (Å²) >= 11 is 0. The van der Waals surface area contributed by atoms with E-state index in [4.69, 9.17) is 10.00 Å². The molecule has 1 amide bonds. The number of rotatable bonds is 3. The summed E-state index contributed by atoms with van der Waals surface area (Å²) < 4.78 is 5.44. The van der Waals surface area contributed by atoms with E-state index in [1.54, 1.807) is 4.90 Å². The first-order valence-corrected chi connectivity index (χ1v) is 7.69. The average molecular weight is 306 g/mol. The summed E-state index contributed by atoms with van der Waals surface area (Å²) in [5.41, 5.74) is 3.29. The summed E-state index contributed by atoms with van der Waals surface area (Å²) in [6, 6.07) is 19.7. The smallest absolute Gasteiger partial charge is 0.410 e. The second kappa shape index (κ2) is 6.97. The molecule has 0 spiro atoms. The highest BCUT2D eigenvalue weighted by molar-refractivity contribution is 5.69. The van der Waals surface area contributed by atoms with Gasteiger partial charge in [-0.15, -0.1) is 0 Å². The van der Waals surface area contributed by atoms with Crippen molar-refractivity contribution >= 4 is 6.09 Å². The van der Waals surface area contributed by atoms with Gasteiger partial charge in [0.2, 0.25) is 0 Å². The number of benzene rings is 2. The maximum Gasteiger partial charge on any atom is 0.410 e. The largest absolute Gasteiger partial charge is 0.445 e. The van der Waals surface area contributed by atoms with E-state index in [1.807, 2.05) is 48.5 Å². The number of nitrogens with zero attached hydrogens (tertiary/aromatic N) is 2. The lowest BCUT2D eigenvalue weighted by atomic mass is 9.93. The normalized spacial score (nSPS) is 16.3. The van der Waals surface area contributed by atoms with Crippen molar-refractivity contribution in [1.29, 1.82) is 5.26 Å². The van der Waals surface area contributed by atoms with E-state index in [-0.39, 0.29) is 18.7 Å². The van der Waals surface area contributed by atoms with Gasteiger partial charge in [-0.1, -0.05) is 54.6 Å². The molecular formula is C19H18N2O2. The fourth-order valence-corrected chi connectivity index (χ4v) is 2.89. The van der Waals surface area contributed by atoms with Gasteiger partial charge in [-0.3, -0.25) is 4.90 Å². The summed E-state index contributed by atoms with van der Waals surface area (Å²) in [5.74, 6) is 0. The molecule has 0 aliphatic carbocycles. The van der Waals surface area contributed by atoms with E-state index in [0.29, 0.717) is 19.4 Å². The predicted octanol–water partition coefficient (Wildman–Crippen LogP) is 3.66. The third kappa shape index (κ3) is 3.51. The molecule has 0 bridgehead atoms. The van der Waals surface area contributed by atoms with Crippen molar-refractivity contribution in [2.45, 2.75) is 32.0 Å². The Morgan fingerprint density at radius 3 is 2.57 bits per heavy atom. The minimum Gasteiger partial charge on any atom is -0.445 e. The number of carbonyl (C=O) groups is 1. The number of ether oxygens (including phenoxy) is 1. The number of carbonyl (C=O) groups excluding carboxylic acids is 1. The number of hydrogen-bond donors (Lipinski definition) is 0. The van der Waals surface area contributed by atoms with Gasteiger partial charge in [-0.2, -0.15) is 5.26 Å². The Morgan fingerprint density at radius 1 is 1.13 bits per heavy atom. The van der Waals surface area contributed by atoms with Crippen LogP contribution in [-0.2, 0) is 24.3 Å². The van der Waals surface area contributed by atoms with Gasteiger partial charge >= 0.3 is 6.09 Å². The predicted molar refractivity (Wildman–Crippen MR) is 86.3 cm³/mol. The highest BCUT2D eigenvalue weighted by Gasteiger charge is 2.30. The van der Waals surface area contributed by atoms with Crippen LogP contribution in [0.5, 0.6) is 0 Å². The Kier molecular flexibility index (Phi) is 4.58. The molecule has 4 nitrogen and oxygen atoms in total. The summed E-state index contributed by atoms with van der Waals surface area (Å²) in [7, 11) is 0. The van der Waals surface area contributed by atoms with Crippen molar-refractivity contribution in [3.8, 4) is 6.07 Å². The molecule has 0 saturated heterocycles.